The van der Waals surface area contributed by atoms with Crippen molar-refractivity contribution >= 4 is 23.2 Å². The minimum atomic E-state index is -0.902. The van der Waals surface area contributed by atoms with Crippen LogP contribution in [0.5, 0.6) is 11.5 Å². The molecule has 0 saturated heterocycles. The van der Waals surface area contributed by atoms with Gasteiger partial charge in [-0.1, -0.05) is 11.5 Å². The van der Waals surface area contributed by atoms with Gasteiger partial charge in [-0.2, -0.15) is 10.2 Å². The van der Waals surface area contributed by atoms with Gasteiger partial charge in [-0.25, -0.2) is 20.4 Å². The zero-order valence-electron chi connectivity index (χ0n) is 17.4. The Bertz CT molecular complexity index is 1120. The van der Waals surface area contributed by atoms with Crippen LogP contribution in [0.15, 0.2) is 40.8 Å². The van der Waals surface area contributed by atoms with Gasteiger partial charge in [0.1, 0.15) is 17.9 Å². The molecule has 0 atom stereocenters. The molecule has 2 aromatic rings. The molecule has 2 N–H and O–H groups in total. The predicted octanol–water partition coefficient (Wildman–Crippen LogP) is -0.875. The Kier molecular flexibility index (Phi) is 9.10. The van der Waals surface area contributed by atoms with Gasteiger partial charge in [0.2, 0.25) is 11.8 Å². The minimum absolute atomic E-state index is 0. The number of nitrogens with one attached hydrogen (secondary N) is 2. The fourth-order valence-corrected chi connectivity index (χ4v) is 2.45. The van der Waals surface area contributed by atoms with Crippen LogP contribution < -0.4 is 32.3 Å². The van der Waals surface area contributed by atoms with Crippen LogP contribution in [0, 0.1) is 13.8 Å². The Morgan fingerprint density at radius 3 is 1.50 bits per heavy atom. The largest absolute Gasteiger partial charge is 2.00 e. The van der Waals surface area contributed by atoms with Crippen molar-refractivity contribution in [2.75, 3.05) is 0 Å². The van der Waals surface area contributed by atoms with Crippen molar-refractivity contribution in [2.45, 2.75) is 34.1 Å². The third-order valence-electron chi connectivity index (χ3n) is 3.82. The number of nitrogens with zero attached hydrogens (tertiary/aromatic N) is 2. The SMILES string of the molecule is C/C(=N/NC(=O)CC(=O)N/N=C(\C)c1c([O-])cc(C)oc1=O)c1c([O-])cc(C)oc1=O.[Co+2]. The number of hydrazone groups is 2. The summed E-state index contributed by atoms with van der Waals surface area (Å²) in [4.78, 5) is 47.2. The average Bonchev–Trinajstić information content (AvgIpc) is 2.63. The summed E-state index contributed by atoms with van der Waals surface area (Å²) in [7, 11) is 0. The van der Waals surface area contributed by atoms with Crippen molar-refractivity contribution in [1.82, 2.24) is 10.9 Å². The van der Waals surface area contributed by atoms with Gasteiger partial charge >= 0.3 is 28.0 Å². The van der Waals surface area contributed by atoms with Crippen LogP contribution in [0.3, 0.4) is 0 Å². The first-order valence-corrected chi connectivity index (χ1v) is 8.80. The molecule has 1 radical (unpaired) electrons. The van der Waals surface area contributed by atoms with Crippen LogP contribution in [0.1, 0.15) is 42.9 Å². The van der Waals surface area contributed by atoms with E-state index in [0.717, 1.165) is 12.1 Å². The van der Waals surface area contributed by atoms with Gasteiger partial charge in [-0.05, 0) is 39.8 Å². The number of hydrogen-bond acceptors (Lipinski definition) is 10. The van der Waals surface area contributed by atoms with E-state index in [-0.39, 0.29) is 50.8 Å². The van der Waals surface area contributed by atoms with Crippen LogP contribution in [0.25, 0.3) is 0 Å². The molecule has 2 amide bonds. The molecule has 2 rings (SSSR count). The fourth-order valence-electron chi connectivity index (χ4n) is 2.45. The first-order chi connectivity index (χ1) is 14.5. The monoisotopic (exact) mass is 489 g/mol. The third-order valence-corrected chi connectivity index (χ3v) is 3.82. The van der Waals surface area contributed by atoms with E-state index >= 15 is 0 Å². The second-order valence-electron chi connectivity index (χ2n) is 6.41. The summed E-state index contributed by atoms with van der Waals surface area (Å²) in [5.41, 5.74) is 1.36. The number of carbonyl (C=O) groups is 2. The first kappa shape index (κ1) is 26.3. The molecule has 12 nitrogen and oxygen atoms in total. The maximum absolute atomic E-state index is 11.9. The summed E-state index contributed by atoms with van der Waals surface area (Å²) in [6.07, 6.45) is -0.715. The summed E-state index contributed by atoms with van der Waals surface area (Å²) >= 11 is 0. The number of amides is 2. The fraction of sp³-hybridized carbons (Fsp3) is 0.263. The topological polar surface area (TPSA) is 189 Å². The summed E-state index contributed by atoms with van der Waals surface area (Å²) in [6.45, 7) is 5.50. The van der Waals surface area contributed by atoms with E-state index in [9.17, 15) is 29.4 Å². The summed E-state index contributed by atoms with van der Waals surface area (Å²) in [5, 5.41) is 31.0. The Morgan fingerprint density at radius 2 is 1.19 bits per heavy atom. The number of rotatable bonds is 6. The van der Waals surface area contributed by atoms with Gasteiger partial charge in [0.05, 0.1) is 22.6 Å². The van der Waals surface area contributed by atoms with Crippen molar-refractivity contribution < 1.29 is 45.4 Å². The zero-order chi connectivity index (χ0) is 23.3. The van der Waals surface area contributed by atoms with Gasteiger partial charge in [0.15, 0.2) is 0 Å². The number of carbonyl (C=O) groups excluding carboxylic acids is 2. The Labute approximate surface area is 191 Å². The van der Waals surface area contributed by atoms with Crippen molar-refractivity contribution in [3.63, 3.8) is 0 Å². The Balaban J connectivity index is 0.00000512. The molecule has 32 heavy (non-hydrogen) atoms. The minimum Gasteiger partial charge on any atom is -0.872 e. The van der Waals surface area contributed by atoms with Gasteiger partial charge in [-0.3, -0.25) is 9.59 Å². The average molecular weight is 489 g/mol. The number of aryl methyl sites for hydroxylation is 2. The van der Waals surface area contributed by atoms with Crippen LogP contribution >= 0.6 is 0 Å². The molecule has 0 aromatic carbocycles. The van der Waals surface area contributed by atoms with E-state index < -0.39 is 41.0 Å². The van der Waals surface area contributed by atoms with Crippen LogP contribution in [0.4, 0.5) is 0 Å². The molecule has 171 valence electrons. The van der Waals surface area contributed by atoms with Gasteiger partial charge in [0.25, 0.3) is 0 Å². The maximum atomic E-state index is 11.9. The summed E-state index contributed by atoms with van der Waals surface area (Å²) < 4.78 is 9.63. The predicted molar refractivity (Wildman–Crippen MR) is 104 cm³/mol. The molecule has 0 aliphatic heterocycles. The van der Waals surface area contributed by atoms with E-state index in [1.807, 2.05) is 10.9 Å². The van der Waals surface area contributed by atoms with E-state index in [1.165, 1.54) is 27.7 Å². The standard InChI is InChI=1S/C19H20N4O8.Co/c1-8-5-12(24)16(18(28)30-8)10(3)20-22-14(26)7-15(27)23-21-11(4)17-13(25)6-9(2)31-19(17)29;/h5-6,24-25H,7H2,1-4H3,(H,22,26)(H,23,27);/q;+2/p-2/b20-10-,21-11+;. The second kappa shape index (κ2) is 11.1. The van der Waals surface area contributed by atoms with Crippen molar-refractivity contribution in [2.24, 2.45) is 10.2 Å². The third kappa shape index (κ3) is 6.65. The van der Waals surface area contributed by atoms with Gasteiger partial charge < -0.3 is 19.0 Å². The molecule has 0 fully saturated rings. The molecule has 0 saturated carbocycles. The molecule has 13 heteroatoms. The molecule has 0 aliphatic carbocycles. The molecular formula is C19H18CoN4O8. The van der Waals surface area contributed by atoms with E-state index in [1.54, 1.807) is 0 Å². The molecule has 0 spiro atoms. The smallest absolute Gasteiger partial charge is 0.872 e. The molecule has 0 bridgehead atoms. The Hall–Kier alpha value is -3.71. The molecule has 0 unspecified atom stereocenters. The summed E-state index contributed by atoms with van der Waals surface area (Å²) in [5.74, 6) is -2.71. The summed E-state index contributed by atoms with van der Waals surface area (Å²) in [6, 6.07) is 2.21. The second-order valence-corrected chi connectivity index (χ2v) is 6.41. The first-order valence-electron chi connectivity index (χ1n) is 8.80. The van der Waals surface area contributed by atoms with Crippen molar-refractivity contribution in [3.05, 3.63) is 55.6 Å². The van der Waals surface area contributed by atoms with E-state index in [4.69, 9.17) is 8.83 Å². The number of hydrogen-bond donors (Lipinski definition) is 2. The zero-order valence-corrected chi connectivity index (χ0v) is 18.4. The molecule has 0 aliphatic rings. The molecule has 2 heterocycles. The van der Waals surface area contributed by atoms with E-state index in [0.29, 0.717) is 0 Å². The van der Waals surface area contributed by atoms with Gasteiger partial charge in [-0.15, -0.1) is 0 Å². The van der Waals surface area contributed by atoms with Crippen molar-refractivity contribution in [3.8, 4) is 11.5 Å². The normalized spacial score (nSPS) is 11.5. The molecule has 2 aromatic heterocycles. The van der Waals surface area contributed by atoms with Crippen LogP contribution in [-0.4, -0.2) is 23.2 Å². The van der Waals surface area contributed by atoms with Gasteiger partial charge in [0, 0.05) is 0 Å². The van der Waals surface area contributed by atoms with Crippen LogP contribution in [-0.2, 0) is 26.4 Å². The van der Waals surface area contributed by atoms with Crippen molar-refractivity contribution in [1.29, 1.82) is 0 Å². The van der Waals surface area contributed by atoms with E-state index in [2.05, 4.69) is 10.2 Å². The molecular weight excluding hydrogens is 471 g/mol. The maximum Gasteiger partial charge on any atom is 2.00 e. The van der Waals surface area contributed by atoms with Crippen LogP contribution in [0.2, 0.25) is 0 Å². The Morgan fingerprint density at radius 1 is 0.844 bits per heavy atom. The quantitative estimate of drug-likeness (QED) is 0.297.